The monoisotopic (exact) mass is 323 g/mol. The number of benzene rings is 1. The largest absolute Gasteiger partial charge is 0.508 e. The van der Waals surface area contributed by atoms with Gasteiger partial charge in [0.1, 0.15) is 11.4 Å². The van der Waals surface area contributed by atoms with Crippen LogP contribution in [0.4, 0.5) is 0 Å². The molecular weight excluding hydrogens is 306 g/mol. The van der Waals surface area contributed by atoms with Gasteiger partial charge in [0.15, 0.2) is 11.5 Å². The van der Waals surface area contributed by atoms with Crippen molar-refractivity contribution >= 4 is 5.91 Å². The number of phenols is 1. The molecule has 3 heterocycles. The van der Waals surface area contributed by atoms with Crippen molar-refractivity contribution in [2.75, 3.05) is 6.54 Å². The fraction of sp³-hybridized carbons (Fsp3) is 0.222. The molecule has 122 valence electrons. The molecule has 0 bridgehead atoms. The summed E-state index contributed by atoms with van der Waals surface area (Å²) < 4.78 is 5.50. The molecule has 4 rings (SSSR count). The number of furan rings is 1. The number of phenolic OH excluding ortho intramolecular Hbond substituents is 1. The SMILES string of the molecule is CCCN1C(=O)c2n[nH]c(-c3ccco3)c2C1c1ccc(O)cc1. The number of carbonyl (C=O) groups excluding carboxylic acids is 1. The molecule has 0 spiro atoms. The van der Waals surface area contributed by atoms with Crippen molar-refractivity contribution in [2.24, 2.45) is 0 Å². The maximum absolute atomic E-state index is 12.8. The standard InChI is InChI=1S/C18H17N3O3/c1-2-9-21-17(11-5-7-12(22)8-6-11)14-15(13-4-3-10-24-13)19-20-16(14)18(21)23/h3-8,10,17,22H,2,9H2,1H3,(H,19,20). The predicted octanol–water partition coefficient (Wildman–Crippen LogP) is 3.33. The number of aromatic nitrogens is 2. The number of aromatic hydroxyl groups is 1. The normalized spacial score (nSPS) is 16.6. The minimum absolute atomic E-state index is 0.0843. The Morgan fingerprint density at radius 1 is 1.29 bits per heavy atom. The van der Waals surface area contributed by atoms with Crippen LogP contribution in [0.3, 0.4) is 0 Å². The Bertz CT molecular complexity index is 866. The smallest absolute Gasteiger partial charge is 0.275 e. The second-order valence-electron chi connectivity index (χ2n) is 5.83. The van der Waals surface area contributed by atoms with Gasteiger partial charge in [0.25, 0.3) is 5.91 Å². The molecule has 0 fully saturated rings. The van der Waals surface area contributed by atoms with Gasteiger partial charge in [0.05, 0.1) is 12.3 Å². The molecule has 0 saturated carbocycles. The minimum Gasteiger partial charge on any atom is -0.508 e. The van der Waals surface area contributed by atoms with Gasteiger partial charge in [-0.2, -0.15) is 5.10 Å². The van der Waals surface area contributed by atoms with Crippen LogP contribution in [0, 0.1) is 0 Å². The van der Waals surface area contributed by atoms with Crippen molar-refractivity contribution < 1.29 is 14.3 Å². The lowest BCUT2D eigenvalue weighted by molar-refractivity contribution is 0.0744. The Labute approximate surface area is 138 Å². The Morgan fingerprint density at radius 2 is 2.08 bits per heavy atom. The van der Waals surface area contributed by atoms with Crippen LogP contribution in [0.15, 0.2) is 47.1 Å². The zero-order valence-electron chi connectivity index (χ0n) is 13.2. The van der Waals surface area contributed by atoms with Gasteiger partial charge in [-0.1, -0.05) is 19.1 Å². The highest BCUT2D eigenvalue weighted by Gasteiger charge is 2.42. The number of carbonyl (C=O) groups is 1. The van der Waals surface area contributed by atoms with E-state index in [1.54, 1.807) is 24.5 Å². The number of rotatable bonds is 4. The van der Waals surface area contributed by atoms with E-state index in [0.717, 1.165) is 23.2 Å². The Balaban J connectivity index is 1.89. The third-order valence-corrected chi connectivity index (χ3v) is 4.29. The van der Waals surface area contributed by atoms with Gasteiger partial charge >= 0.3 is 0 Å². The van der Waals surface area contributed by atoms with Crippen molar-refractivity contribution in [1.29, 1.82) is 0 Å². The van der Waals surface area contributed by atoms with E-state index in [4.69, 9.17) is 4.42 Å². The number of amides is 1. The second kappa shape index (κ2) is 5.56. The van der Waals surface area contributed by atoms with E-state index in [9.17, 15) is 9.90 Å². The highest BCUT2D eigenvalue weighted by atomic mass is 16.3. The van der Waals surface area contributed by atoms with Crippen molar-refractivity contribution in [3.63, 3.8) is 0 Å². The topological polar surface area (TPSA) is 82.4 Å². The molecule has 1 atom stereocenters. The number of aromatic amines is 1. The summed E-state index contributed by atoms with van der Waals surface area (Å²) in [5.74, 6) is 0.765. The third-order valence-electron chi connectivity index (χ3n) is 4.29. The molecule has 24 heavy (non-hydrogen) atoms. The molecule has 1 aromatic carbocycles. The van der Waals surface area contributed by atoms with E-state index >= 15 is 0 Å². The van der Waals surface area contributed by atoms with E-state index < -0.39 is 0 Å². The summed E-state index contributed by atoms with van der Waals surface area (Å²) in [7, 11) is 0. The van der Waals surface area contributed by atoms with Gasteiger partial charge in [0.2, 0.25) is 0 Å². The Kier molecular flexibility index (Phi) is 3.37. The van der Waals surface area contributed by atoms with Gasteiger partial charge in [-0.25, -0.2) is 0 Å². The molecule has 6 nitrogen and oxygen atoms in total. The van der Waals surface area contributed by atoms with Gasteiger partial charge in [-0.15, -0.1) is 0 Å². The summed E-state index contributed by atoms with van der Waals surface area (Å²) in [6.07, 6.45) is 2.45. The number of nitrogens with one attached hydrogen (secondary N) is 1. The lowest BCUT2D eigenvalue weighted by Crippen LogP contribution is -2.30. The predicted molar refractivity (Wildman–Crippen MR) is 87.6 cm³/mol. The minimum atomic E-state index is -0.244. The fourth-order valence-corrected chi connectivity index (χ4v) is 3.27. The summed E-state index contributed by atoms with van der Waals surface area (Å²) >= 11 is 0. The van der Waals surface area contributed by atoms with Gasteiger partial charge in [-0.05, 0) is 36.2 Å². The van der Waals surface area contributed by atoms with Crippen molar-refractivity contribution in [2.45, 2.75) is 19.4 Å². The summed E-state index contributed by atoms with van der Waals surface area (Å²) in [6, 6.07) is 10.3. The fourth-order valence-electron chi connectivity index (χ4n) is 3.27. The number of H-pyrrole nitrogens is 1. The van der Waals surface area contributed by atoms with Crippen LogP contribution in [0.5, 0.6) is 5.75 Å². The number of fused-ring (bicyclic) bond motifs is 1. The second-order valence-corrected chi connectivity index (χ2v) is 5.83. The van der Waals surface area contributed by atoms with Crippen LogP contribution in [0.25, 0.3) is 11.5 Å². The molecule has 2 N–H and O–H groups in total. The molecule has 2 aromatic heterocycles. The third kappa shape index (κ3) is 2.11. The van der Waals surface area contributed by atoms with Crippen molar-refractivity contribution in [3.05, 3.63) is 59.5 Å². The van der Waals surface area contributed by atoms with Crippen LogP contribution in [0.1, 0.15) is 41.0 Å². The Morgan fingerprint density at radius 3 is 2.75 bits per heavy atom. The quantitative estimate of drug-likeness (QED) is 0.771. The summed E-state index contributed by atoms with van der Waals surface area (Å²) in [5.41, 5.74) is 2.92. The molecule has 3 aromatic rings. The van der Waals surface area contributed by atoms with E-state index in [0.29, 0.717) is 18.0 Å². The first-order valence-corrected chi connectivity index (χ1v) is 7.92. The zero-order chi connectivity index (χ0) is 16.7. The maximum atomic E-state index is 12.8. The molecule has 1 unspecified atom stereocenters. The first kappa shape index (κ1) is 14.6. The van der Waals surface area contributed by atoms with Crippen LogP contribution in [0.2, 0.25) is 0 Å². The highest BCUT2D eigenvalue weighted by molar-refractivity contribution is 5.99. The van der Waals surface area contributed by atoms with E-state index in [-0.39, 0.29) is 17.7 Å². The number of hydrogen-bond donors (Lipinski definition) is 2. The Hall–Kier alpha value is -3.02. The van der Waals surface area contributed by atoms with Crippen molar-refractivity contribution in [1.82, 2.24) is 15.1 Å². The molecule has 6 heteroatoms. The van der Waals surface area contributed by atoms with Crippen LogP contribution < -0.4 is 0 Å². The number of hydrogen-bond acceptors (Lipinski definition) is 4. The van der Waals surface area contributed by atoms with Gasteiger partial charge in [-0.3, -0.25) is 9.89 Å². The average molecular weight is 323 g/mol. The van der Waals surface area contributed by atoms with Gasteiger partial charge in [0, 0.05) is 12.1 Å². The van der Waals surface area contributed by atoms with Crippen LogP contribution in [-0.4, -0.2) is 32.7 Å². The molecule has 1 aliphatic rings. The molecule has 0 aliphatic carbocycles. The van der Waals surface area contributed by atoms with Crippen LogP contribution >= 0.6 is 0 Å². The zero-order valence-corrected chi connectivity index (χ0v) is 13.2. The average Bonchev–Trinajstić information content (AvgIpc) is 3.28. The number of nitrogens with zero attached hydrogens (tertiary/aromatic N) is 2. The van der Waals surface area contributed by atoms with Gasteiger partial charge < -0.3 is 14.4 Å². The maximum Gasteiger partial charge on any atom is 0.275 e. The lowest BCUT2D eigenvalue weighted by Gasteiger charge is -2.25. The van der Waals surface area contributed by atoms with E-state index in [1.165, 1.54) is 0 Å². The van der Waals surface area contributed by atoms with Crippen LogP contribution in [-0.2, 0) is 0 Å². The highest BCUT2D eigenvalue weighted by Crippen LogP contribution is 2.43. The molecule has 1 amide bonds. The molecule has 0 radical (unpaired) electrons. The summed E-state index contributed by atoms with van der Waals surface area (Å²) in [4.78, 5) is 14.6. The lowest BCUT2D eigenvalue weighted by atomic mass is 9.98. The molecule has 1 aliphatic heterocycles. The van der Waals surface area contributed by atoms with E-state index in [1.807, 2.05) is 30.0 Å². The van der Waals surface area contributed by atoms with Crippen molar-refractivity contribution in [3.8, 4) is 17.2 Å². The molecule has 0 saturated heterocycles. The first-order chi connectivity index (χ1) is 11.7. The summed E-state index contributed by atoms with van der Waals surface area (Å²) in [6.45, 7) is 2.68. The molecular formula is C18H17N3O3. The van der Waals surface area contributed by atoms with E-state index in [2.05, 4.69) is 10.2 Å². The first-order valence-electron chi connectivity index (χ1n) is 7.92. The summed E-state index contributed by atoms with van der Waals surface area (Å²) in [5, 5.41) is 16.7.